The van der Waals surface area contributed by atoms with Crippen molar-refractivity contribution in [2.24, 2.45) is 0 Å². The van der Waals surface area contributed by atoms with Gasteiger partial charge in [-0.15, -0.1) is 0 Å². The van der Waals surface area contributed by atoms with Crippen molar-refractivity contribution < 1.29 is 9.53 Å². The van der Waals surface area contributed by atoms with Crippen molar-refractivity contribution in [2.75, 3.05) is 24.3 Å². The van der Waals surface area contributed by atoms with Crippen LogP contribution >= 0.6 is 23.2 Å². The fourth-order valence-corrected chi connectivity index (χ4v) is 2.32. The van der Waals surface area contributed by atoms with E-state index in [4.69, 9.17) is 27.9 Å². The van der Waals surface area contributed by atoms with Gasteiger partial charge in [0.1, 0.15) is 5.75 Å². The molecule has 0 aliphatic carbocycles. The zero-order valence-corrected chi connectivity index (χ0v) is 14.5. The quantitative estimate of drug-likeness (QED) is 0.788. The van der Waals surface area contributed by atoms with Gasteiger partial charge in [0.25, 0.3) is 0 Å². The third-order valence-electron chi connectivity index (χ3n) is 3.28. The van der Waals surface area contributed by atoms with Gasteiger partial charge in [-0.1, -0.05) is 23.2 Å². The van der Waals surface area contributed by atoms with Crippen molar-refractivity contribution in [1.82, 2.24) is 0 Å². The number of carbonyl (C=O) groups excluding carboxylic acids is 1. The first-order chi connectivity index (χ1) is 11.0. The van der Waals surface area contributed by atoms with Gasteiger partial charge in [-0.3, -0.25) is 4.79 Å². The van der Waals surface area contributed by atoms with E-state index in [0.29, 0.717) is 28.8 Å². The van der Waals surface area contributed by atoms with Gasteiger partial charge in [0.15, 0.2) is 0 Å². The van der Waals surface area contributed by atoms with Gasteiger partial charge >= 0.3 is 0 Å². The van der Waals surface area contributed by atoms with Crippen LogP contribution in [0.15, 0.2) is 36.4 Å². The molecule has 2 rings (SSSR count). The molecule has 23 heavy (non-hydrogen) atoms. The van der Waals surface area contributed by atoms with Crippen LogP contribution in [0.25, 0.3) is 0 Å². The Kier molecular flexibility index (Phi) is 6.13. The number of rotatable bonds is 6. The molecule has 0 saturated carbocycles. The molecule has 122 valence electrons. The molecule has 0 fully saturated rings. The summed E-state index contributed by atoms with van der Waals surface area (Å²) in [6.45, 7) is 2.40. The maximum Gasteiger partial charge on any atom is 0.226 e. The van der Waals surface area contributed by atoms with Crippen LogP contribution in [0.2, 0.25) is 10.0 Å². The Bertz CT molecular complexity index is 688. The molecule has 4 nitrogen and oxygen atoms in total. The summed E-state index contributed by atoms with van der Waals surface area (Å²) in [5.74, 6) is 0.572. The zero-order valence-electron chi connectivity index (χ0n) is 13.0. The molecule has 2 aromatic carbocycles. The monoisotopic (exact) mass is 352 g/mol. The number of hydrogen-bond donors (Lipinski definition) is 2. The van der Waals surface area contributed by atoms with Crippen molar-refractivity contribution in [3.05, 3.63) is 52.0 Å². The summed E-state index contributed by atoms with van der Waals surface area (Å²) in [5.41, 5.74) is 2.48. The first kappa shape index (κ1) is 17.4. The second-order valence-electron chi connectivity index (χ2n) is 5.03. The normalized spacial score (nSPS) is 10.3. The summed E-state index contributed by atoms with van der Waals surface area (Å²) in [6.07, 6.45) is 0.327. The van der Waals surface area contributed by atoms with Gasteiger partial charge in [-0.05, 0) is 42.8 Å². The zero-order chi connectivity index (χ0) is 16.8. The molecule has 0 heterocycles. The number of benzene rings is 2. The average Bonchev–Trinajstić information content (AvgIpc) is 2.52. The fourth-order valence-electron chi connectivity index (χ4n) is 2.04. The molecular formula is C17H18Cl2N2O2. The highest BCUT2D eigenvalue weighted by Gasteiger charge is 2.08. The van der Waals surface area contributed by atoms with Crippen molar-refractivity contribution in [3.63, 3.8) is 0 Å². The topological polar surface area (TPSA) is 50.4 Å². The van der Waals surface area contributed by atoms with Crippen LogP contribution in [0.5, 0.6) is 5.75 Å². The molecular weight excluding hydrogens is 335 g/mol. The number of halogens is 2. The number of carbonyl (C=O) groups is 1. The van der Waals surface area contributed by atoms with E-state index in [1.165, 1.54) is 0 Å². The summed E-state index contributed by atoms with van der Waals surface area (Å²) < 4.78 is 5.29. The first-order valence-corrected chi connectivity index (χ1v) is 7.88. The molecule has 0 saturated heterocycles. The Hall–Kier alpha value is -1.91. The van der Waals surface area contributed by atoms with E-state index in [2.05, 4.69) is 10.6 Å². The molecule has 1 amide bonds. The van der Waals surface area contributed by atoms with Gasteiger partial charge in [-0.25, -0.2) is 0 Å². The van der Waals surface area contributed by atoms with Gasteiger partial charge in [0.2, 0.25) is 5.91 Å². The van der Waals surface area contributed by atoms with Gasteiger partial charge in [0.05, 0.1) is 12.8 Å². The van der Waals surface area contributed by atoms with Gasteiger partial charge in [0, 0.05) is 34.8 Å². The van der Waals surface area contributed by atoms with E-state index in [1.807, 2.05) is 13.0 Å². The third kappa shape index (κ3) is 5.05. The Morgan fingerprint density at radius 1 is 1.17 bits per heavy atom. The molecule has 2 aromatic rings. The lowest BCUT2D eigenvalue weighted by Gasteiger charge is -2.13. The third-order valence-corrected chi connectivity index (χ3v) is 3.94. The van der Waals surface area contributed by atoms with Crippen LogP contribution < -0.4 is 15.4 Å². The summed E-state index contributed by atoms with van der Waals surface area (Å²) >= 11 is 11.9. The minimum absolute atomic E-state index is 0.0792. The average molecular weight is 353 g/mol. The van der Waals surface area contributed by atoms with E-state index >= 15 is 0 Å². The van der Waals surface area contributed by atoms with E-state index in [-0.39, 0.29) is 5.91 Å². The number of hydrogen-bond acceptors (Lipinski definition) is 3. The Balaban J connectivity index is 1.88. The van der Waals surface area contributed by atoms with Crippen molar-refractivity contribution in [3.8, 4) is 5.75 Å². The van der Waals surface area contributed by atoms with Crippen molar-refractivity contribution in [2.45, 2.75) is 13.3 Å². The molecule has 0 aliphatic heterocycles. The summed E-state index contributed by atoms with van der Waals surface area (Å²) in [7, 11) is 1.58. The molecule has 0 radical (unpaired) electrons. The van der Waals surface area contributed by atoms with E-state index < -0.39 is 0 Å². The summed E-state index contributed by atoms with van der Waals surface area (Å²) in [5, 5.41) is 7.29. The molecule has 0 bridgehead atoms. The Morgan fingerprint density at radius 2 is 1.87 bits per heavy atom. The van der Waals surface area contributed by atoms with E-state index in [0.717, 1.165) is 16.9 Å². The second kappa shape index (κ2) is 8.09. The molecule has 0 aliphatic rings. The standard InChI is InChI=1S/C17H18Cl2N2O2/c1-11-9-15(16(23-2)10-14(11)19)20-8-7-17(22)21-13-5-3-12(18)4-6-13/h3-6,9-10,20H,7-8H2,1-2H3,(H,21,22). The highest BCUT2D eigenvalue weighted by atomic mass is 35.5. The number of anilines is 2. The Morgan fingerprint density at radius 3 is 2.52 bits per heavy atom. The van der Waals surface area contributed by atoms with E-state index in [9.17, 15) is 4.79 Å². The number of nitrogens with one attached hydrogen (secondary N) is 2. The summed E-state index contributed by atoms with van der Waals surface area (Å²) in [4.78, 5) is 11.9. The lowest BCUT2D eigenvalue weighted by molar-refractivity contribution is -0.115. The van der Waals surface area contributed by atoms with Crippen molar-refractivity contribution in [1.29, 1.82) is 0 Å². The predicted octanol–water partition coefficient (Wildman–Crippen LogP) is 4.75. The highest BCUT2D eigenvalue weighted by molar-refractivity contribution is 6.31. The minimum Gasteiger partial charge on any atom is -0.495 e. The first-order valence-electron chi connectivity index (χ1n) is 7.13. The number of ether oxygens (including phenoxy) is 1. The number of amides is 1. The largest absolute Gasteiger partial charge is 0.495 e. The van der Waals surface area contributed by atoms with Crippen LogP contribution in [0.3, 0.4) is 0 Å². The predicted molar refractivity (Wildman–Crippen MR) is 95.9 cm³/mol. The highest BCUT2D eigenvalue weighted by Crippen LogP contribution is 2.30. The second-order valence-corrected chi connectivity index (χ2v) is 5.88. The molecule has 6 heteroatoms. The fraction of sp³-hybridized carbons (Fsp3) is 0.235. The van der Waals surface area contributed by atoms with Crippen LogP contribution in [-0.2, 0) is 4.79 Å². The maximum absolute atomic E-state index is 11.9. The number of aryl methyl sites for hydroxylation is 1. The number of methoxy groups -OCH3 is 1. The van der Waals surface area contributed by atoms with Crippen molar-refractivity contribution >= 4 is 40.5 Å². The molecule has 0 spiro atoms. The van der Waals surface area contributed by atoms with Crippen LogP contribution in [0, 0.1) is 6.92 Å². The molecule has 2 N–H and O–H groups in total. The van der Waals surface area contributed by atoms with E-state index in [1.54, 1.807) is 37.4 Å². The minimum atomic E-state index is -0.0792. The SMILES string of the molecule is COc1cc(Cl)c(C)cc1NCCC(=O)Nc1ccc(Cl)cc1. The Labute approximate surface area is 145 Å². The lowest BCUT2D eigenvalue weighted by Crippen LogP contribution is -2.16. The van der Waals surface area contributed by atoms with Crippen LogP contribution in [-0.4, -0.2) is 19.6 Å². The molecule has 0 aromatic heterocycles. The molecule has 0 atom stereocenters. The summed E-state index contributed by atoms with van der Waals surface area (Å²) in [6, 6.07) is 10.7. The molecule has 0 unspecified atom stereocenters. The lowest BCUT2D eigenvalue weighted by atomic mass is 10.2. The van der Waals surface area contributed by atoms with Gasteiger partial charge < -0.3 is 15.4 Å². The maximum atomic E-state index is 11.9. The van der Waals surface area contributed by atoms with Gasteiger partial charge in [-0.2, -0.15) is 0 Å². The smallest absolute Gasteiger partial charge is 0.226 e. The van der Waals surface area contributed by atoms with Crippen LogP contribution in [0.1, 0.15) is 12.0 Å². The van der Waals surface area contributed by atoms with Crippen LogP contribution in [0.4, 0.5) is 11.4 Å².